The molecule has 1 aromatic rings. The lowest BCUT2D eigenvalue weighted by Gasteiger charge is -2.21. The zero-order chi connectivity index (χ0) is 16.4. The zero-order valence-electron chi connectivity index (χ0n) is 12.4. The van der Waals surface area contributed by atoms with Crippen LogP contribution in [0.5, 0.6) is 0 Å². The standard InChI is InChI=1S/C15H17F3N2S/c1-9(2)8-21-13-10(7-19)11(15(16,17)18)6-12(20-13)14(3,4)5/h6H,1,8H2,2-5H3. The number of nitriles is 1. The Bertz CT molecular complexity index is 593. The van der Waals surface area contributed by atoms with Crippen molar-refractivity contribution in [1.82, 2.24) is 4.98 Å². The van der Waals surface area contributed by atoms with E-state index in [1.165, 1.54) is 0 Å². The highest BCUT2D eigenvalue weighted by atomic mass is 32.2. The molecule has 0 aliphatic carbocycles. The van der Waals surface area contributed by atoms with Crippen LogP contribution in [0.25, 0.3) is 0 Å². The summed E-state index contributed by atoms with van der Waals surface area (Å²) in [6.07, 6.45) is -4.58. The summed E-state index contributed by atoms with van der Waals surface area (Å²) in [6, 6.07) is 2.62. The molecule has 0 radical (unpaired) electrons. The van der Waals surface area contributed by atoms with Gasteiger partial charge < -0.3 is 0 Å². The number of rotatable bonds is 3. The average Bonchev–Trinajstić information content (AvgIpc) is 2.32. The fourth-order valence-corrected chi connectivity index (χ4v) is 2.38. The van der Waals surface area contributed by atoms with Crippen molar-refractivity contribution >= 4 is 11.8 Å². The number of nitrogens with zero attached hydrogens (tertiary/aromatic N) is 2. The molecular weight excluding hydrogens is 297 g/mol. The number of halogens is 3. The summed E-state index contributed by atoms with van der Waals surface area (Å²) in [5.74, 6) is 0.423. The molecule has 0 unspecified atom stereocenters. The molecule has 114 valence electrons. The highest BCUT2D eigenvalue weighted by Gasteiger charge is 2.37. The highest BCUT2D eigenvalue weighted by molar-refractivity contribution is 7.99. The number of pyridine rings is 1. The van der Waals surface area contributed by atoms with E-state index in [2.05, 4.69) is 11.6 Å². The summed E-state index contributed by atoms with van der Waals surface area (Å²) >= 11 is 1.11. The first-order chi connectivity index (χ1) is 9.46. The highest BCUT2D eigenvalue weighted by Crippen LogP contribution is 2.38. The Morgan fingerprint density at radius 2 is 1.95 bits per heavy atom. The van der Waals surface area contributed by atoms with Gasteiger partial charge in [-0.25, -0.2) is 4.98 Å². The van der Waals surface area contributed by atoms with Crippen LogP contribution in [0, 0.1) is 11.3 Å². The minimum absolute atomic E-state index is 0.111. The van der Waals surface area contributed by atoms with E-state index in [1.54, 1.807) is 33.8 Å². The van der Waals surface area contributed by atoms with Gasteiger partial charge in [-0.15, -0.1) is 11.8 Å². The van der Waals surface area contributed by atoms with Crippen molar-refractivity contribution in [2.75, 3.05) is 5.75 Å². The summed E-state index contributed by atoms with van der Waals surface area (Å²) in [7, 11) is 0. The monoisotopic (exact) mass is 314 g/mol. The van der Waals surface area contributed by atoms with Crippen LogP contribution in [0.4, 0.5) is 13.2 Å². The Hall–Kier alpha value is -1.48. The van der Waals surface area contributed by atoms with Crippen LogP contribution in [-0.2, 0) is 11.6 Å². The first-order valence-electron chi connectivity index (χ1n) is 6.27. The van der Waals surface area contributed by atoms with Gasteiger partial charge in [-0.2, -0.15) is 18.4 Å². The third-order valence-electron chi connectivity index (χ3n) is 2.63. The summed E-state index contributed by atoms with van der Waals surface area (Å²) < 4.78 is 39.5. The van der Waals surface area contributed by atoms with E-state index in [-0.39, 0.29) is 5.03 Å². The maximum Gasteiger partial charge on any atom is 0.417 e. The minimum atomic E-state index is -4.58. The van der Waals surface area contributed by atoms with Crippen molar-refractivity contribution in [3.8, 4) is 6.07 Å². The molecule has 21 heavy (non-hydrogen) atoms. The summed E-state index contributed by atoms with van der Waals surface area (Å²) in [5, 5.41) is 9.21. The van der Waals surface area contributed by atoms with Gasteiger partial charge in [0.25, 0.3) is 0 Å². The number of alkyl halides is 3. The molecular formula is C15H17F3N2S. The Morgan fingerprint density at radius 3 is 2.33 bits per heavy atom. The van der Waals surface area contributed by atoms with Crippen LogP contribution in [0.2, 0.25) is 0 Å². The van der Waals surface area contributed by atoms with Crippen LogP contribution in [0.1, 0.15) is 44.5 Å². The third-order valence-corrected chi connectivity index (χ3v) is 3.83. The quantitative estimate of drug-likeness (QED) is 0.586. The normalized spacial score (nSPS) is 12.1. The first kappa shape index (κ1) is 17.6. The van der Waals surface area contributed by atoms with Crippen LogP contribution < -0.4 is 0 Å². The third kappa shape index (κ3) is 4.50. The van der Waals surface area contributed by atoms with Crippen molar-refractivity contribution < 1.29 is 13.2 Å². The molecule has 0 spiro atoms. The second-order valence-corrected chi connectivity index (χ2v) is 6.80. The molecule has 0 aliphatic heterocycles. The predicted octanol–water partition coefficient (Wildman–Crippen LogP) is 4.94. The molecule has 0 N–H and O–H groups in total. The summed E-state index contributed by atoms with van der Waals surface area (Å²) in [6.45, 7) is 10.8. The van der Waals surface area contributed by atoms with Gasteiger partial charge in [-0.3, -0.25) is 0 Å². The fraction of sp³-hybridized carbons (Fsp3) is 0.467. The maximum absolute atomic E-state index is 13.2. The van der Waals surface area contributed by atoms with E-state index in [0.29, 0.717) is 11.4 Å². The number of thioether (sulfide) groups is 1. The lowest BCUT2D eigenvalue weighted by molar-refractivity contribution is -0.138. The molecule has 0 aliphatic rings. The Labute approximate surface area is 127 Å². The molecule has 0 atom stereocenters. The SMILES string of the molecule is C=C(C)CSc1nc(C(C)(C)C)cc(C(F)(F)F)c1C#N. The molecule has 1 heterocycles. The van der Waals surface area contributed by atoms with Crippen molar-refractivity contribution in [3.05, 3.63) is 35.0 Å². The van der Waals surface area contributed by atoms with Crippen LogP contribution >= 0.6 is 11.8 Å². The van der Waals surface area contributed by atoms with Gasteiger partial charge in [0.15, 0.2) is 0 Å². The van der Waals surface area contributed by atoms with Crippen molar-refractivity contribution in [2.45, 2.75) is 44.3 Å². The van der Waals surface area contributed by atoms with Crippen molar-refractivity contribution in [2.24, 2.45) is 0 Å². The van der Waals surface area contributed by atoms with Crippen molar-refractivity contribution in [3.63, 3.8) is 0 Å². The summed E-state index contributed by atoms with van der Waals surface area (Å²) in [4.78, 5) is 4.26. The Kier molecular flexibility index (Phi) is 5.11. The van der Waals surface area contributed by atoms with Gasteiger partial charge in [0.2, 0.25) is 0 Å². The van der Waals surface area contributed by atoms with E-state index < -0.39 is 22.7 Å². The van der Waals surface area contributed by atoms with Gasteiger partial charge in [0.1, 0.15) is 11.1 Å². The molecule has 6 heteroatoms. The minimum Gasteiger partial charge on any atom is -0.245 e. The predicted molar refractivity (Wildman–Crippen MR) is 78.2 cm³/mol. The second-order valence-electron chi connectivity index (χ2n) is 5.84. The van der Waals surface area contributed by atoms with Crippen LogP contribution in [0.15, 0.2) is 23.2 Å². The Morgan fingerprint density at radius 1 is 1.38 bits per heavy atom. The van der Waals surface area contributed by atoms with Gasteiger partial charge in [-0.1, -0.05) is 32.9 Å². The number of hydrogen-bond acceptors (Lipinski definition) is 3. The summed E-state index contributed by atoms with van der Waals surface area (Å²) in [5.41, 5.74) is -0.749. The number of hydrogen-bond donors (Lipinski definition) is 0. The molecule has 0 bridgehead atoms. The van der Waals surface area contributed by atoms with Crippen LogP contribution in [-0.4, -0.2) is 10.7 Å². The molecule has 0 saturated heterocycles. The van der Waals surface area contributed by atoms with E-state index in [4.69, 9.17) is 5.26 Å². The molecule has 0 fully saturated rings. The van der Waals surface area contributed by atoms with Gasteiger partial charge in [0.05, 0.1) is 11.1 Å². The van der Waals surface area contributed by atoms with E-state index >= 15 is 0 Å². The number of aromatic nitrogens is 1. The lowest BCUT2D eigenvalue weighted by Crippen LogP contribution is -2.18. The molecule has 2 nitrogen and oxygen atoms in total. The first-order valence-corrected chi connectivity index (χ1v) is 7.25. The van der Waals surface area contributed by atoms with Crippen LogP contribution in [0.3, 0.4) is 0 Å². The largest absolute Gasteiger partial charge is 0.417 e. The van der Waals surface area contributed by atoms with Gasteiger partial charge in [0, 0.05) is 16.9 Å². The van der Waals surface area contributed by atoms with Gasteiger partial charge in [-0.05, 0) is 13.0 Å². The molecule has 0 amide bonds. The second kappa shape index (κ2) is 6.10. The Balaban J connectivity index is 3.53. The van der Waals surface area contributed by atoms with E-state index in [1.807, 2.05) is 0 Å². The lowest BCUT2D eigenvalue weighted by atomic mass is 9.90. The molecule has 0 saturated carbocycles. The molecule has 0 aromatic carbocycles. The van der Waals surface area contributed by atoms with E-state index in [0.717, 1.165) is 23.4 Å². The van der Waals surface area contributed by atoms with E-state index in [9.17, 15) is 13.2 Å². The topological polar surface area (TPSA) is 36.7 Å². The van der Waals surface area contributed by atoms with Gasteiger partial charge >= 0.3 is 6.18 Å². The average molecular weight is 314 g/mol. The van der Waals surface area contributed by atoms with Crippen molar-refractivity contribution in [1.29, 1.82) is 5.26 Å². The smallest absolute Gasteiger partial charge is 0.245 e. The zero-order valence-corrected chi connectivity index (χ0v) is 13.2. The molecule has 1 aromatic heterocycles. The fourth-order valence-electron chi connectivity index (χ4n) is 1.53. The molecule has 1 rings (SSSR count). The maximum atomic E-state index is 13.2.